The molecule has 16 rings (SSSR count). The molecule has 0 unspecified atom stereocenters. The summed E-state index contributed by atoms with van der Waals surface area (Å²) in [4.78, 5) is 10.6. The van der Waals surface area contributed by atoms with Gasteiger partial charge in [-0.05, 0) is 179 Å². The molecule has 8 heterocycles. The third kappa shape index (κ3) is 15.0. The lowest BCUT2D eigenvalue weighted by Gasteiger charge is -2.14. The number of aromatic nitrogens is 4. The summed E-state index contributed by atoms with van der Waals surface area (Å²) >= 11 is 0. The lowest BCUT2D eigenvalue weighted by Crippen LogP contribution is -2.36. The molecule has 116 heavy (non-hydrogen) atoms. The number of rotatable bonds is 12. The van der Waals surface area contributed by atoms with Crippen molar-refractivity contribution in [1.82, 2.24) is 0 Å². The van der Waals surface area contributed by atoms with Gasteiger partial charge in [0.15, 0.2) is 34.2 Å². The lowest BCUT2D eigenvalue weighted by molar-refractivity contribution is -0.667. The molecule has 0 bridgehead atoms. The molecule has 16 aromatic rings. The Morgan fingerprint density at radius 3 is 1.13 bits per heavy atom. The van der Waals surface area contributed by atoms with Crippen molar-refractivity contribution in [3.05, 3.63) is 275 Å². The number of fused-ring (bicyclic) bond motifs is 12. The molecule has 12 nitrogen and oxygen atoms in total. The molecule has 0 radical (unpaired) electrons. The number of nitriles is 1. The second kappa shape index (κ2) is 32.8. The predicted octanol–water partition coefficient (Wildman–Crippen LogP) is 26.3. The SMILES string of the molecule is [2H]c1c(C([2H])([2H])C(C)C)c(C([2H])([2H])[2H])c(C)[n+](C)c1-c1c(C)ccc2c1oc1c([N+]#[C-])cccc12.[2H]c1c(C([2H])([2H])C(C)C)c(C([2H])([2H])[2H])c(C)[n+](C)c1-c1c(C)ccc2c1oc1cc([N+]#[C-])ccc12.[2H]c1c(C([2H])([2H])C(C)C)c(C([2H])([2H])[2H])c(C)[n+](C)c1-c1c(C)ccc2c1oc1ccc([N+]#[C-])cc12.[2H]c1c(C([2H])([2H])C(C)C)c(C([2H])([2H])[2H])c(C)[n+](C)c1-c1c(C)ccc2c1oc1cccc(C#N)c12. The van der Waals surface area contributed by atoms with Gasteiger partial charge in [-0.3, -0.25) is 0 Å². The Kier molecular flexibility index (Phi) is 15.8. The largest absolute Gasteiger partial charge is 0.466 e. The molecule has 0 aliphatic heterocycles. The third-order valence-corrected chi connectivity index (χ3v) is 21.3. The van der Waals surface area contributed by atoms with Crippen molar-refractivity contribution < 1.29 is 68.8 Å². The maximum absolute atomic E-state index is 9.64. The summed E-state index contributed by atoms with van der Waals surface area (Å²) in [5.41, 5.74) is 13.5. The molecule has 0 N–H and O–H groups in total. The van der Waals surface area contributed by atoms with Crippen LogP contribution in [0.25, 0.3) is 147 Å². The van der Waals surface area contributed by atoms with Gasteiger partial charge >= 0.3 is 0 Å². The molecule has 0 amide bonds. The van der Waals surface area contributed by atoms with E-state index in [1.807, 2.05) is 88.4 Å². The fraction of sp³-hybridized carbons (Fsp3) is 0.308. The van der Waals surface area contributed by atoms with Gasteiger partial charge in [0.2, 0.25) is 28.5 Å². The maximum atomic E-state index is 9.64. The molecule has 8 aromatic heterocycles. The van der Waals surface area contributed by atoms with Crippen LogP contribution in [-0.4, -0.2) is 0 Å². The first-order valence-electron chi connectivity index (χ1n) is 50.4. The van der Waals surface area contributed by atoms with E-state index in [-0.39, 0.29) is 68.7 Å². The molecule has 12 heteroatoms. The predicted molar refractivity (Wildman–Crippen MR) is 476 cm³/mol. The van der Waals surface area contributed by atoms with Gasteiger partial charge < -0.3 is 17.7 Å². The molecule has 584 valence electrons. The summed E-state index contributed by atoms with van der Waals surface area (Å²) in [5, 5.41) is 15.8. The highest BCUT2D eigenvalue weighted by Gasteiger charge is 2.31. The summed E-state index contributed by atoms with van der Waals surface area (Å²) in [5.74, 6) is -2.23. The van der Waals surface area contributed by atoms with Crippen LogP contribution >= 0.6 is 0 Å². The smallest absolute Gasteiger partial charge is 0.229 e. The Morgan fingerprint density at radius 1 is 0.379 bits per heavy atom. The van der Waals surface area contributed by atoms with Gasteiger partial charge in [0.1, 0.15) is 72.9 Å². The Balaban J connectivity index is 0.000000157. The minimum absolute atomic E-state index is 0.110. The standard InChI is InChI=1S/4C26H27N2O/c1-15(2)12-19-13-23(28(7)18(5)17(19)4)25-16(3)8-10-22-21-11-9-20(27-6)14-24(21)29-26(22)25;1-15(2)12-19-13-23(28(7)18(5)17(19)4)25-16(3)8-10-21-22-14-20(27-6)9-11-24(22)29-26(21)25;1-15(2)13-19-14-23(28(7)18(5)17(19)4)24-16(3)11-12-21-20-9-8-10-22(27-6)25(20)29-26(21)24;1-15(2)12-20-13-22(28(6)18(5)17(20)4)24-16(3)10-11-21-25-19(14-27)8-7-9-23(25)29-26(21)24/h2*8-11,13-15H,12H2,1-5,7H3;8-12,14-15H,13H2,1-5,7H3;7-11,13,15H,12H2,1-6H3/q4*+1/i2*4D3,12D2,13D;4D3,13D2,14D;4D3,12D2,13D. The van der Waals surface area contributed by atoms with Crippen LogP contribution in [-0.2, 0) is 53.7 Å². The average Bonchev–Trinajstić information content (AvgIpc) is 1.40. The average molecular weight is 1560 g/mol. The maximum Gasteiger partial charge on any atom is 0.229 e. The van der Waals surface area contributed by atoms with Crippen molar-refractivity contribution in [2.75, 3.05) is 0 Å². The third-order valence-electron chi connectivity index (χ3n) is 21.3. The van der Waals surface area contributed by atoms with Crippen LogP contribution < -0.4 is 18.3 Å². The van der Waals surface area contributed by atoms with Gasteiger partial charge in [-0.15, -0.1) is 0 Å². The minimum Gasteiger partial charge on any atom is -0.466 e. The number of nitrogens with zero attached hydrogens (tertiary/aromatic N) is 8. The van der Waals surface area contributed by atoms with E-state index in [1.54, 1.807) is 190 Å². The van der Waals surface area contributed by atoms with E-state index in [2.05, 4.69) is 20.6 Å². The number of furan rings is 4. The topological polar surface area (TPSA) is 105 Å². The van der Waals surface area contributed by atoms with E-state index in [1.165, 1.54) is 0 Å². The van der Waals surface area contributed by atoms with Crippen LogP contribution in [0.15, 0.2) is 163 Å². The van der Waals surface area contributed by atoms with Crippen molar-refractivity contribution in [2.45, 2.75) is 164 Å². The zero-order chi connectivity index (χ0) is 104. The highest BCUT2D eigenvalue weighted by atomic mass is 16.3. The summed E-state index contributed by atoms with van der Waals surface area (Å²) in [6, 6.07) is 37.8. The van der Waals surface area contributed by atoms with Gasteiger partial charge in [-0.25, -0.2) is 14.5 Å². The molecule has 0 fully saturated rings. The van der Waals surface area contributed by atoms with Crippen LogP contribution in [0.4, 0.5) is 17.1 Å². The highest BCUT2D eigenvalue weighted by molar-refractivity contribution is 6.15. The summed E-state index contributed by atoms with van der Waals surface area (Å²) in [7, 11) is 6.78. The normalized spacial score (nSPS) is 15.5. The van der Waals surface area contributed by atoms with Gasteiger partial charge in [-0.1, -0.05) is 146 Å². The van der Waals surface area contributed by atoms with Gasteiger partial charge in [-0.2, -0.15) is 23.5 Å². The Bertz CT molecular complexity index is 7790. The lowest BCUT2D eigenvalue weighted by atomic mass is 9.93. The first-order chi connectivity index (χ1) is 64.9. The Labute approximate surface area is 717 Å². The molecular formula is C104H108N8O4+4. The van der Waals surface area contributed by atoms with Gasteiger partial charge in [0.05, 0.1) is 59.1 Å². The van der Waals surface area contributed by atoms with E-state index in [9.17, 15) is 8.00 Å². The molecule has 0 saturated heterocycles. The van der Waals surface area contributed by atoms with E-state index in [4.69, 9.17) is 67.5 Å². The minimum atomic E-state index is -2.60. The zero-order valence-electron chi connectivity index (χ0n) is 93.1. The van der Waals surface area contributed by atoms with Crippen molar-refractivity contribution in [2.24, 2.45) is 51.9 Å². The van der Waals surface area contributed by atoms with Gasteiger partial charge in [0, 0.05) is 145 Å². The van der Waals surface area contributed by atoms with Crippen molar-refractivity contribution in [1.29, 1.82) is 5.26 Å². The summed E-state index contributed by atoms with van der Waals surface area (Å²) < 4.78 is 236. The second-order valence-corrected chi connectivity index (χ2v) is 30.8. The van der Waals surface area contributed by atoms with E-state index < -0.39 is 76.6 Å². The van der Waals surface area contributed by atoms with Crippen LogP contribution in [0.3, 0.4) is 0 Å². The number of aryl methyl sites for hydroxylation is 4. The number of hydrogen-bond donors (Lipinski definition) is 0. The summed E-state index contributed by atoms with van der Waals surface area (Å²) in [6.07, 6.45) is -8.20. The van der Waals surface area contributed by atoms with Crippen LogP contribution in [0.2, 0.25) is 0 Å². The van der Waals surface area contributed by atoms with Crippen molar-refractivity contribution >= 4 is 105 Å². The quantitative estimate of drug-likeness (QED) is 0.0895. The van der Waals surface area contributed by atoms with E-state index >= 15 is 0 Å². The zero-order valence-corrected chi connectivity index (χ0v) is 69.1. The van der Waals surface area contributed by atoms with Crippen LogP contribution in [0.5, 0.6) is 0 Å². The molecule has 0 saturated carbocycles. The van der Waals surface area contributed by atoms with Crippen molar-refractivity contribution in [3.63, 3.8) is 0 Å². The summed E-state index contributed by atoms with van der Waals surface area (Å²) in [6.45, 7) is 39.4. The first-order valence-corrected chi connectivity index (χ1v) is 38.4. The number of pyridine rings is 4. The second-order valence-electron chi connectivity index (χ2n) is 30.8. The highest BCUT2D eigenvalue weighted by Crippen LogP contribution is 2.45. The van der Waals surface area contributed by atoms with Gasteiger partial charge in [0.25, 0.3) is 0 Å². The van der Waals surface area contributed by atoms with Crippen molar-refractivity contribution in [3.8, 4) is 51.1 Å². The van der Waals surface area contributed by atoms with Crippen LogP contribution in [0, 0.1) is 138 Å². The van der Waals surface area contributed by atoms with E-state index in [0.717, 1.165) is 54.6 Å². The van der Waals surface area contributed by atoms with Crippen LogP contribution in [0.1, 0.15) is 183 Å². The fourth-order valence-electron chi connectivity index (χ4n) is 14.9. The Morgan fingerprint density at radius 2 is 0.724 bits per heavy atom. The molecule has 8 aromatic carbocycles. The monoisotopic (exact) mass is 1560 g/mol. The molecule has 0 atom stereocenters. The molecule has 0 spiro atoms. The molecular weight excluding hydrogens is 1430 g/mol. The number of hydrogen-bond acceptors (Lipinski definition) is 5. The Hall–Kier alpha value is -12.5. The molecule has 0 aliphatic rings. The fourth-order valence-corrected chi connectivity index (χ4v) is 14.9. The first kappa shape index (κ1) is 55.9. The molecule has 0 aliphatic carbocycles. The number of para-hydroxylation sites is 1. The number of benzene rings is 8. The van der Waals surface area contributed by atoms with E-state index in [0.29, 0.717) is 146 Å².